The van der Waals surface area contributed by atoms with Crippen molar-refractivity contribution in [1.29, 1.82) is 0 Å². The van der Waals surface area contributed by atoms with Gasteiger partial charge in [-0.15, -0.1) is 0 Å². The summed E-state index contributed by atoms with van der Waals surface area (Å²) in [4.78, 5) is 4.98. The van der Waals surface area contributed by atoms with E-state index in [0.717, 1.165) is 71.9 Å². The van der Waals surface area contributed by atoms with Crippen molar-refractivity contribution in [3.8, 4) is 22.3 Å². The van der Waals surface area contributed by atoms with E-state index in [1.165, 1.54) is 117 Å². The van der Waals surface area contributed by atoms with Gasteiger partial charge in [0.2, 0.25) is 0 Å². The van der Waals surface area contributed by atoms with Crippen LogP contribution in [0.4, 0.5) is 34.1 Å². The van der Waals surface area contributed by atoms with E-state index in [4.69, 9.17) is 11.6 Å². The SMILES string of the molecule is Cc1cc(N(c2ccc3c(c2)CCCCC3)c2ccc3c(c2)CCCCC3)c(Cl)c(N(c2cc(-c3ccc(C(C)(C)C)cc3)cc(-c3ccc(C(C)(C)C)cc3)c2)c2ccc3c(c2)C(C)(C)CCC3(C)C)c1. The first-order valence-corrected chi connectivity index (χ1v) is 27.8. The lowest BCUT2D eigenvalue weighted by Crippen LogP contribution is -2.34. The van der Waals surface area contributed by atoms with Gasteiger partial charge in [-0.2, -0.15) is 0 Å². The van der Waals surface area contributed by atoms with Gasteiger partial charge in [-0.1, -0.05) is 160 Å². The third-order valence-electron chi connectivity index (χ3n) is 16.8. The molecule has 3 aliphatic carbocycles. The van der Waals surface area contributed by atoms with Gasteiger partial charge in [-0.25, -0.2) is 0 Å². The molecule has 72 heavy (non-hydrogen) atoms. The first kappa shape index (κ1) is 50.0. The quantitative estimate of drug-likeness (QED) is 0.140. The Morgan fingerprint density at radius 2 is 0.792 bits per heavy atom. The fraction of sp³-hybridized carbons (Fsp3) is 0.391. The molecular formula is C69H79ClN2. The van der Waals surface area contributed by atoms with E-state index in [1.54, 1.807) is 0 Å². The molecular weight excluding hydrogens is 892 g/mol. The average Bonchev–Trinajstić information content (AvgIpc) is 3.74. The van der Waals surface area contributed by atoms with Crippen molar-refractivity contribution in [2.45, 2.75) is 175 Å². The van der Waals surface area contributed by atoms with Gasteiger partial charge in [-0.3, -0.25) is 0 Å². The molecule has 0 heterocycles. The van der Waals surface area contributed by atoms with Gasteiger partial charge in [0, 0.05) is 22.7 Å². The van der Waals surface area contributed by atoms with E-state index in [0.29, 0.717) is 0 Å². The first-order chi connectivity index (χ1) is 34.2. The largest absolute Gasteiger partial charge is 0.309 e. The maximum absolute atomic E-state index is 8.30. The van der Waals surface area contributed by atoms with Crippen LogP contribution in [0.3, 0.4) is 0 Å². The summed E-state index contributed by atoms with van der Waals surface area (Å²) < 4.78 is 0. The molecule has 0 atom stereocenters. The Morgan fingerprint density at radius 1 is 0.389 bits per heavy atom. The molecule has 372 valence electrons. The maximum atomic E-state index is 8.30. The van der Waals surface area contributed by atoms with Gasteiger partial charge < -0.3 is 9.80 Å². The molecule has 0 unspecified atom stereocenters. The molecule has 3 aliphatic rings. The lowest BCUT2D eigenvalue weighted by Gasteiger charge is -2.42. The van der Waals surface area contributed by atoms with Crippen LogP contribution < -0.4 is 9.80 Å². The minimum atomic E-state index is 0.0121. The Bertz CT molecular complexity index is 2980. The first-order valence-electron chi connectivity index (χ1n) is 27.4. The molecule has 0 spiro atoms. The number of nitrogens with zero attached hydrogens (tertiary/aromatic N) is 2. The summed E-state index contributed by atoms with van der Waals surface area (Å²) >= 11 is 8.30. The number of rotatable bonds is 8. The summed E-state index contributed by atoms with van der Waals surface area (Å²) in [5.74, 6) is 0. The molecule has 0 saturated carbocycles. The highest BCUT2D eigenvalue weighted by atomic mass is 35.5. The average molecular weight is 972 g/mol. The third kappa shape index (κ3) is 10.1. The van der Waals surface area contributed by atoms with Crippen LogP contribution in [0.2, 0.25) is 5.02 Å². The molecule has 7 aromatic carbocycles. The molecule has 10 rings (SSSR count). The van der Waals surface area contributed by atoms with Gasteiger partial charge in [0.25, 0.3) is 0 Å². The topological polar surface area (TPSA) is 6.48 Å². The van der Waals surface area contributed by atoms with Crippen molar-refractivity contribution in [2.24, 2.45) is 0 Å². The number of fused-ring (bicyclic) bond motifs is 3. The van der Waals surface area contributed by atoms with Crippen LogP contribution in [-0.2, 0) is 47.3 Å². The second-order valence-electron chi connectivity index (χ2n) is 25.2. The molecule has 0 aliphatic heterocycles. The molecule has 0 bridgehead atoms. The highest BCUT2D eigenvalue weighted by Crippen LogP contribution is 2.52. The predicted octanol–water partition coefficient (Wildman–Crippen LogP) is 20.4. The van der Waals surface area contributed by atoms with E-state index in [-0.39, 0.29) is 21.7 Å². The molecule has 0 radical (unpaired) electrons. The van der Waals surface area contributed by atoms with Crippen LogP contribution in [-0.4, -0.2) is 0 Å². The molecule has 7 aromatic rings. The van der Waals surface area contributed by atoms with E-state index in [9.17, 15) is 0 Å². The highest BCUT2D eigenvalue weighted by molar-refractivity contribution is 6.36. The number of hydrogen-bond acceptors (Lipinski definition) is 2. The van der Waals surface area contributed by atoms with Gasteiger partial charge in [0.05, 0.1) is 16.4 Å². The Balaban J connectivity index is 1.23. The fourth-order valence-electron chi connectivity index (χ4n) is 12.1. The molecule has 0 N–H and O–H groups in total. The Kier molecular flexibility index (Phi) is 13.4. The van der Waals surface area contributed by atoms with Crippen molar-refractivity contribution < 1.29 is 0 Å². The smallest absolute Gasteiger partial charge is 0.0887 e. The monoisotopic (exact) mass is 971 g/mol. The normalized spacial score (nSPS) is 16.4. The predicted molar refractivity (Wildman–Crippen MR) is 312 cm³/mol. The molecule has 0 aromatic heterocycles. The van der Waals surface area contributed by atoms with Crippen LogP contribution in [0.5, 0.6) is 0 Å². The third-order valence-corrected chi connectivity index (χ3v) is 17.2. The van der Waals surface area contributed by atoms with E-state index >= 15 is 0 Å². The minimum Gasteiger partial charge on any atom is -0.309 e. The summed E-state index contributed by atoms with van der Waals surface area (Å²) in [7, 11) is 0. The number of benzene rings is 7. The zero-order valence-electron chi connectivity index (χ0n) is 45.5. The summed E-state index contributed by atoms with van der Waals surface area (Å²) in [5.41, 5.74) is 24.1. The Morgan fingerprint density at radius 3 is 1.25 bits per heavy atom. The van der Waals surface area contributed by atoms with E-state index in [2.05, 4.69) is 219 Å². The highest BCUT2D eigenvalue weighted by Gasteiger charge is 2.38. The second-order valence-corrected chi connectivity index (χ2v) is 25.6. The number of halogens is 1. The molecule has 0 saturated heterocycles. The van der Waals surface area contributed by atoms with Gasteiger partial charge >= 0.3 is 0 Å². The molecule has 2 nitrogen and oxygen atoms in total. The fourth-order valence-corrected chi connectivity index (χ4v) is 12.4. The van der Waals surface area contributed by atoms with E-state index < -0.39 is 0 Å². The molecule has 0 fully saturated rings. The van der Waals surface area contributed by atoms with Crippen molar-refractivity contribution in [2.75, 3.05) is 9.80 Å². The van der Waals surface area contributed by atoms with Gasteiger partial charge in [-0.05, 0) is 232 Å². The maximum Gasteiger partial charge on any atom is 0.0887 e. The van der Waals surface area contributed by atoms with Crippen molar-refractivity contribution in [3.63, 3.8) is 0 Å². The van der Waals surface area contributed by atoms with Gasteiger partial charge in [0.1, 0.15) is 0 Å². The van der Waals surface area contributed by atoms with Crippen LogP contribution in [0.25, 0.3) is 22.3 Å². The lowest BCUT2D eigenvalue weighted by molar-refractivity contribution is 0.332. The summed E-state index contributed by atoms with van der Waals surface area (Å²) in [6.07, 6.45) is 14.4. The second kappa shape index (κ2) is 19.4. The zero-order valence-corrected chi connectivity index (χ0v) is 46.2. The summed E-state index contributed by atoms with van der Waals surface area (Å²) in [5, 5.41) is 0.735. The number of anilines is 6. The van der Waals surface area contributed by atoms with Gasteiger partial charge in [0.15, 0.2) is 0 Å². The minimum absolute atomic E-state index is 0.0121. The zero-order chi connectivity index (χ0) is 50.7. The van der Waals surface area contributed by atoms with Crippen LogP contribution in [0, 0.1) is 6.92 Å². The molecule has 0 amide bonds. The lowest BCUT2D eigenvalue weighted by atomic mass is 9.63. The summed E-state index contributed by atoms with van der Waals surface area (Å²) in [6, 6.07) is 52.2. The van der Waals surface area contributed by atoms with E-state index in [1.807, 2.05) is 0 Å². The standard InChI is InChI=1S/C69H79ClN2/c1-46-38-63(71(57-32-26-47-18-14-12-16-20-51(47)41-57)58-33-27-48-19-15-13-17-21-52(48)42-58)65(70)64(39-46)72(59-34-35-61-62(45-59)69(10,11)37-36-68(61,8)9)60-43-53(49-22-28-55(29-23-49)66(2,3)4)40-54(44-60)50-24-30-56(31-25-50)67(5,6)7/h22-35,38-45H,12-21,36-37H2,1-11H3. The van der Waals surface area contributed by atoms with Crippen LogP contribution in [0.15, 0.2) is 133 Å². The van der Waals surface area contributed by atoms with Crippen LogP contribution in [0.1, 0.15) is 171 Å². The van der Waals surface area contributed by atoms with Crippen LogP contribution >= 0.6 is 11.6 Å². The Labute approximate surface area is 438 Å². The summed E-state index contributed by atoms with van der Waals surface area (Å²) in [6.45, 7) is 25.7. The van der Waals surface area contributed by atoms with Crippen molar-refractivity contribution in [1.82, 2.24) is 0 Å². The van der Waals surface area contributed by atoms with Crippen molar-refractivity contribution in [3.05, 3.63) is 189 Å². The Hall–Kier alpha value is -5.57. The number of aryl methyl sites for hydroxylation is 5. The molecule has 3 heteroatoms. The number of hydrogen-bond donors (Lipinski definition) is 0. The van der Waals surface area contributed by atoms with Crippen molar-refractivity contribution >= 4 is 45.7 Å².